The van der Waals surface area contributed by atoms with Gasteiger partial charge in [-0.1, -0.05) is 23.5 Å². The van der Waals surface area contributed by atoms with E-state index in [9.17, 15) is 13.2 Å². The zero-order chi connectivity index (χ0) is 20.2. The summed E-state index contributed by atoms with van der Waals surface area (Å²) in [5, 5.41) is 5.20. The molecular formula is C19H13F3N4O2S. The Morgan fingerprint density at radius 1 is 1.10 bits per heavy atom. The highest BCUT2D eigenvalue weighted by Crippen LogP contribution is 2.38. The lowest BCUT2D eigenvalue weighted by atomic mass is 10.1. The molecule has 6 nitrogen and oxygen atoms in total. The molecule has 0 saturated carbocycles. The van der Waals surface area contributed by atoms with Gasteiger partial charge in [-0.25, -0.2) is 9.50 Å². The van der Waals surface area contributed by atoms with Crippen molar-refractivity contribution in [1.82, 2.24) is 14.6 Å². The standard InChI is InChI=1S/C19H13F3N4O2S/c1-25(13-5-6-15-16(8-13)28-10-27-15)18-24-26-14(9-23-17(26)29-18)11-3-2-4-12(7-11)19(20,21)22/h2-9H,10H2,1H3. The molecule has 0 N–H and O–H groups in total. The number of imidazole rings is 1. The average Bonchev–Trinajstić information content (AvgIpc) is 3.41. The van der Waals surface area contributed by atoms with E-state index in [1.54, 1.807) is 10.6 Å². The minimum Gasteiger partial charge on any atom is -0.454 e. The lowest BCUT2D eigenvalue weighted by molar-refractivity contribution is -0.137. The number of benzene rings is 2. The molecule has 10 heteroatoms. The number of alkyl halides is 3. The van der Waals surface area contributed by atoms with Gasteiger partial charge in [0.15, 0.2) is 11.5 Å². The van der Waals surface area contributed by atoms with Crippen LogP contribution in [-0.2, 0) is 6.18 Å². The van der Waals surface area contributed by atoms with Crippen LogP contribution in [0.15, 0.2) is 48.7 Å². The van der Waals surface area contributed by atoms with Crippen molar-refractivity contribution in [3.63, 3.8) is 0 Å². The topological polar surface area (TPSA) is 51.9 Å². The molecule has 2 aromatic heterocycles. The average molecular weight is 418 g/mol. The quantitative estimate of drug-likeness (QED) is 0.470. The van der Waals surface area contributed by atoms with E-state index in [4.69, 9.17) is 9.47 Å². The maximum Gasteiger partial charge on any atom is 0.416 e. The van der Waals surface area contributed by atoms with E-state index in [1.165, 1.54) is 23.6 Å². The normalized spacial score (nSPS) is 13.2. The van der Waals surface area contributed by atoms with Crippen LogP contribution in [0.5, 0.6) is 11.5 Å². The van der Waals surface area contributed by atoms with Gasteiger partial charge >= 0.3 is 6.18 Å². The van der Waals surface area contributed by atoms with E-state index < -0.39 is 11.7 Å². The molecule has 0 aliphatic carbocycles. The van der Waals surface area contributed by atoms with Crippen LogP contribution in [0.3, 0.4) is 0 Å². The van der Waals surface area contributed by atoms with Gasteiger partial charge in [0.1, 0.15) is 0 Å². The smallest absolute Gasteiger partial charge is 0.416 e. The van der Waals surface area contributed by atoms with Crippen molar-refractivity contribution in [2.75, 3.05) is 18.7 Å². The Morgan fingerprint density at radius 2 is 1.93 bits per heavy atom. The number of halogens is 3. The Balaban J connectivity index is 1.52. The number of aromatic nitrogens is 3. The van der Waals surface area contributed by atoms with Crippen molar-refractivity contribution in [1.29, 1.82) is 0 Å². The summed E-state index contributed by atoms with van der Waals surface area (Å²) in [4.78, 5) is 6.75. The molecule has 1 aliphatic heterocycles. The van der Waals surface area contributed by atoms with Crippen LogP contribution >= 0.6 is 11.3 Å². The number of anilines is 2. The number of fused-ring (bicyclic) bond motifs is 2. The predicted molar refractivity (Wildman–Crippen MR) is 102 cm³/mol. The Bertz CT molecular complexity index is 1220. The highest BCUT2D eigenvalue weighted by molar-refractivity contribution is 7.20. The Kier molecular flexibility index (Phi) is 3.91. The predicted octanol–water partition coefficient (Wildman–Crippen LogP) is 4.97. The zero-order valence-electron chi connectivity index (χ0n) is 15.0. The summed E-state index contributed by atoms with van der Waals surface area (Å²) in [6.45, 7) is 0.188. The van der Waals surface area contributed by atoms with Crippen LogP contribution in [0.1, 0.15) is 5.56 Å². The number of ether oxygens (including phenoxy) is 2. The maximum atomic E-state index is 13.1. The van der Waals surface area contributed by atoms with Gasteiger partial charge in [0, 0.05) is 24.4 Å². The molecule has 29 heavy (non-hydrogen) atoms. The zero-order valence-corrected chi connectivity index (χ0v) is 15.8. The van der Waals surface area contributed by atoms with Crippen LogP contribution in [-0.4, -0.2) is 28.4 Å². The second-order valence-corrected chi connectivity index (χ2v) is 7.33. The maximum absolute atomic E-state index is 13.1. The minimum atomic E-state index is -4.41. The molecule has 0 atom stereocenters. The van der Waals surface area contributed by atoms with Crippen LogP contribution in [0.25, 0.3) is 16.2 Å². The van der Waals surface area contributed by atoms with Gasteiger partial charge in [-0.2, -0.15) is 13.2 Å². The molecule has 2 aromatic carbocycles. The summed E-state index contributed by atoms with van der Waals surface area (Å²) < 4.78 is 51.5. The van der Waals surface area contributed by atoms with Crippen molar-refractivity contribution in [3.05, 3.63) is 54.2 Å². The third-order valence-corrected chi connectivity index (χ3v) is 5.59. The summed E-state index contributed by atoms with van der Waals surface area (Å²) in [7, 11) is 1.85. The van der Waals surface area contributed by atoms with Crippen LogP contribution in [0, 0.1) is 0 Å². The molecular weight excluding hydrogens is 405 g/mol. The highest BCUT2D eigenvalue weighted by atomic mass is 32.1. The SMILES string of the molecule is CN(c1ccc2c(c1)OCO2)c1nn2c(-c3cccc(C(F)(F)F)c3)cnc2s1. The molecule has 3 heterocycles. The van der Waals surface area contributed by atoms with Crippen molar-refractivity contribution in [2.24, 2.45) is 0 Å². The van der Waals surface area contributed by atoms with Gasteiger partial charge in [0.05, 0.1) is 17.5 Å². The monoisotopic (exact) mass is 418 g/mol. The van der Waals surface area contributed by atoms with Gasteiger partial charge in [0.2, 0.25) is 16.9 Å². The summed E-state index contributed by atoms with van der Waals surface area (Å²) >= 11 is 1.33. The number of hydrogen-bond acceptors (Lipinski definition) is 6. The fraction of sp³-hybridized carbons (Fsp3) is 0.158. The molecule has 1 aliphatic rings. The first kappa shape index (κ1) is 17.8. The summed E-state index contributed by atoms with van der Waals surface area (Å²) in [5.41, 5.74) is 1.02. The molecule has 0 spiro atoms. The van der Waals surface area contributed by atoms with E-state index in [-0.39, 0.29) is 6.79 Å². The first-order valence-corrected chi connectivity index (χ1v) is 9.37. The lowest BCUT2D eigenvalue weighted by Crippen LogP contribution is -2.09. The van der Waals surface area contributed by atoms with E-state index in [1.807, 2.05) is 30.1 Å². The molecule has 4 aromatic rings. The largest absolute Gasteiger partial charge is 0.454 e. The molecule has 0 unspecified atom stereocenters. The van der Waals surface area contributed by atoms with Crippen molar-refractivity contribution >= 4 is 27.1 Å². The van der Waals surface area contributed by atoms with Gasteiger partial charge in [-0.15, -0.1) is 5.10 Å². The van der Waals surface area contributed by atoms with E-state index >= 15 is 0 Å². The molecule has 0 amide bonds. The third kappa shape index (κ3) is 3.05. The van der Waals surface area contributed by atoms with E-state index in [0.717, 1.165) is 17.8 Å². The van der Waals surface area contributed by atoms with Crippen molar-refractivity contribution in [3.8, 4) is 22.8 Å². The van der Waals surface area contributed by atoms with Gasteiger partial charge in [-0.05, 0) is 24.3 Å². The van der Waals surface area contributed by atoms with E-state index in [2.05, 4.69) is 10.1 Å². The van der Waals surface area contributed by atoms with Crippen LogP contribution < -0.4 is 14.4 Å². The molecule has 0 radical (unpaired) electrons. The minimum absolute atomic E-state index is 0.188. The Morgan fingerprint density at radius 3 is 2.76 bits per heavy atom. The number of hydrogen-bond donors (Lipinski definition) is 0. The molecule has 0 bridgehead atoms. The second kappa shape index (κ2) is 6.38. The van der Waals surface area contributed by atoms with Gasteiger partial charge in [0.25, 0.3) is 0 Å². The number of rotatable bonds is 3. The summed E-state index contributed by atoms with van der Waals surface area (Å²) in [6.07, 6.45) is -2.88. The Hall–Kier alpha value is -3.27. The first-order valence-electron chi connectivity index (χ1n) is 8.56. The van der Waals surface area contributed by atoms with Crippen molar-refractivity contribution in [2.45, 2.75) is 6.18 Å². The van der Waals surface area contributed by atoms with Gasteiger partial charge < -0.3 is 14.4 Å². The fourth-order valence-corrected chi connectivity index (χ4v) is 3.93. The number of nitrogens with zero attached hydrogens (tertiary/aromatic N) is 4. The third-order valence-electron chi connectivity index (χ3n) is 4.59. The Labute approximate surface area is 166 Å². The van der Waals surface area contributed by atoms with Crippen molar-refractivity contribution < 1.29 is 22.6 Å². The summed E-state index contributed by atoms with van der Waals surface area (Å²) in [5.74, 6) is 1.34. The van der Waals surface area contributed by atoms with E-state index in [0.29, 0.717) is 32.8 Å². The summed E-state index contributed by atoms with van der Waals surface area (Å²) in [6, 6.07) is 10.7. The van der Waals surface area contributed by atoms with Crippen LogP contribution in [0.2, 0.25) is 0 Å². The molecule has 148 valence electrons. The highest BCUT2D eigenvalue weighted by Gasteiger charge is 2.30. The van der Waals surface area contributed by atoms with Crippen LogP contribution in [0.4, 0.5) is 24.0 Å². The lowest BCUT2D eigenvalue weighted by Gasteiger charge is -2.15. The molecule has 0 saturated heterocycles. The first-order chi connectivity index (χ1) is 13.9. The second-order valence-electron chi connectivity index (χ2n) is 6.40. The molecule has 0 fully saturated rings. The molecule has 5 rings (SSSR count). The fourth-order valence-electron chi connectivity index (χ4n) is 3.07. The van der Waals surface area contributed by atoms with Gasteiger partial charge in [-0.3, -0.25) is 0 Å².